The summed E-state index contributed by atoms with van der Waals surface area (Å²) in [4.78, 5) is 18.1. The molecule has 0 aliphatic heterocycles. The first-order valence-electron chi connectivity index (χ1n) is 12.5. The fourth-order valence-electron chi connectivity index (χ4n) is 3.94. The minimum Gasteiger partial charge on any atom is -0.481 e. The molecule has 0 aliphatic carbocycles. The van der Waals surface area contributed by atoms with E-state index in [0.29, 0.717) is 10.9 Å². The van der Waals surface area contributed by atoms with Crippen LogP contribution in [0.4, 0.5) is 17.6 Å². The fourth-order valence-corrected chi connectivity index (χ4v) is 3.94. The predicted octanol–water partition coefficient (Wildman–Crippen LogP) is 4.59. The third-order valence-electron chi connectivity index (χ3n) is 5.53. The summed E-state index contributed by atoms with van der Waals surface area (Å²) < 4.78 is 89.9. The van der Waals surface area contributed by atoms with Crippen molar-refractivity contribution < 1.29 is 35.9 Å². The Morgan fingerprint density at radius 3 is 2.47 bits per heavy atom. The van der Waals surface area contributed by atoms with E-state index < -0.39 is 32.2 Å². The number of benzene rings is 2. The Kier molecular flexibility index (Phi) is 5.63. The molecular formula is C25H19F4N5O4. The van der Waals surface area contributed by atoms with Gasteiger partial charge in [-0.25, -0.2) is 18.4 Å². The van der Waals surface area contributed by atoms with E-state index in [1.165, 1.54) is 60.3 Å². The van der Waals surface area contributed by atoms with E-state index in [4.69, 9.17) is 13.6 Å². The Morgan fingerprint density at radius 2 is 1.76 bits per heavy atom. The van der Waals surface area contributed by atoms with Gasteiger partial charge in [0.05, 0.1) is 33.3 Å². The number of hydrogen-bond donors (Lipinski definition) is 0. The summed E-state index contributed by atoms with van der Waals surface area (Å²) in [6.07, 6.45) is -2.76. The van der Waals surface area contributed by atoms with Crippen molar-refractivity contribution in [2.45, 2.75) is 13.0 Å². The highest BCUT2D eigenvalue weighted by molar-refractivity contribution is 5.91. The summed E-state index contributed by atoms with van der Waals surface area (Å²) in [6.45, 7) is -3.98. The lowest BCUT2D eigenvalue weighted by Gasteiger charge is -2.13. The maximum absolute atomic E-state index is 13.9. The summed E-state index contributed by atoms with van der Waals surface area (Å²) >= 11 is 0. The molecule has 13 heteroatoms. The molecule has 3 aromatic heterocycles. The zero-order valence-corrected chi connectivity index (χ0v) is 19.4. The highest BCUT2D eigenvalue weighted by atomic mass is 19.3. The number of nitrogens with zero attached hydrogens (tertiary/aromatic N) is 5. The van der Waals surface area contributed by atoms with Crippen molar-refractivity contribution in [2.75, 3.05) is 13.6 Å². The molecule has 0 atom stereocenters. The average molecular weight is 532 g/mol. The van der Waals surface area contributed by atoms with E-state index in [-0.39, 0.29) is 45.4 Å². The van der Waals surface area contributed by atoms with Gasteiger partial charge in [-0.1, -0.05) is 12.1 Å². The van der Waals surface area contributed by atoms with Gasteiger partial charge in [0.15, 0.2) is 6.61 Å². The number of aromatic nitrogens is 5. The van der Waals surface area contributed by atoms with Crippen molar-refractivity contribution in [2.24, 2.45) is 7.05 Å². The number of rotatable bonds is 8. The number of fused-ring (bicyclic) bond motifs is 2. The second-order valence-electron chi connectivity index (χ2n) is 7.95. The van der Waals surface area contributed by atoms with Crippen molar-refractivity contribution in [3.63, 3.8) is 0 Å². The van der Waals surface area contributed by atoms with E-state index in [9.17, 15) is 22.4 Å². The number of aryl methyl sites for hydroxylation is 1. The molecule has 0 radical (unpaired) electrons. The van der Waals surface area contributed by atoms with Gasteiger partial charge in [-0.05, 0) is 42.0 Å². The van der Waals surface area contributed by atoms with Crippen LogP contribution >= 0.6 is 0 Å². The van der Waals surface area contributed by atoms with Gasteiger partial charge in [0.1, 0.15) is 16.8 Å². The van der Waals surface area contributed by atoms with E-state index in [0.717, 1.165) is 4.68 Å². The molecule has 5 aromatic rings. The number of methoxy groups -OCH3 is 1. The first kappa shape index (κ1) is 21.4. The van der Waals surface area contributed by atoms with Crippen molar-refractivity contribution in [3.8, 4) is 34.3 Å². The highest BCUT2D eigenvalue weighted by Crippen LogP contribution is 2.30. The van der Waals surface area contributed by atoms with Crippen LogP contribution in [-0.2, 0) is 7.05 Å². The quantitative estimate of drug-likeness (QED) is 0.270. The summed E-state index contributed by atoms with van der Waals surface area (Å²) in [5.41, 5.74) is 0.277. The topological polar surface area (TPSA) is 93.3 Å². The van der Waals surface area contributed by atoms with Gasteiger partial charge in [-0.15, -0.1) is 0 Å². The van der Waals surface area contributed by atoms with Gasteiger partial charge in [0.25, 0.3) is 12.0 Å². The molecular weight excluding hydrogens is 510 g/mol. The second-order valence-corrected chi connectivity index (χ2v) is 7.95. The first-order chi connectivity index (χ1) is 19.4. The van der Waals surface area contributed by atoms with Crippen LogP contribution in [0.2, 0.25) is 0 Å². The molecule has 196 valence electrons. The summed E-state index contributed by atoms with van der Waals surface area (Å²) in [5, 5.41) is 8.90. The lowest BCUT2D eigenvalue weighted by molar-refractivity contribution is -0.0498. The zero-order valence-electron chi connectivity index (χ0n) is 22.4. The third kappa shape index (κ3) is 4.69. The van der Waals surface area contributed by atoms with Gasteiger partial charge in [-0.2, -0.15) is 23.7 Å². The van der Waals surface area contributed by atoms with Crippen molar-refractivity contribution in [1.82, 2.24) is 24.5 Å². The van der Waals surface area contributed by atoms with Gasteiger partial charge in [0, 0.05) is 13.1 Å². The molecule has 0 saturated carbocycles. The maximum Gasteiger partial charge on any atom is 0.387 e. The molecule has 0 fully saturated rings. The van der Waals surface area contributed by atoms with Crippen molar-refractivity contribution in [1.29, 1.82) is 0 Å². The van der Waals surface area contributed by atoms with Crippen LogP contribution in [0, 0.1) is 0 Å². The van der Waals surface area contributed by atoms with E-state index >= 15 is 0 Å². The Bertz CT molecular complexity index is 1790. The van der Waals surface area contributed by atoms with Crippen LogP contribution < -0.4 is 19.8 Å². The van der Waals surface area contributed by atoms with Crippen LogP contribution in [0.25, 0.3) is 38.8 Å². The Labute approximate surface area is 216 Å². The van der Waals surface area contributed by atoms with Crippen LogP contribution in [0.3, 0.4) is 0 Å². The molecule has 2 aromatic carbocycles. The van der Waals surface area contributed by atoms with Gasteiger partial charge >= 0.3 is 6.61 Å². The van der Waals surface area contributed by atoms with E-state index in [1.807, 2.05) is 0 Å². The number of hydrogen-bond acceptors (Lipinski definition) is 7. The largest absolute Gasteiger partial charge is 0.481 e. The molecule has 0 aliphatic rings. The molecule has 0 spiro atoms. The smallest absolute Gasteiger partial charge is 0.387 e. The Hall–Kier alpha value is -4.68. The molecule has 0 unspecified atom stereocenters. The summed E-state index contributed by atoms with van der Waals surface area (Å²) in [5.74, 6) is -0.396. The average Bonchev–Trinajstić information content (AvgIpc) is 3.20. The molecule has 5 rings (SSSR count). The fraction of sp³-hybridized carbons (Fsp3) is 0.200. The van der Waals surface area contributed by atoms with Gasteiger partial charge < -0.3 is 14.2 Å². The standard InChI is InChI=1S/C25H19F4N5O4/c1-33-24(36-2)16-11-14(5-8-17(16)31-33)34-23(35)21(13-3-6-15(7-4-13)38-25(28)29)22-18(32-34)9-10-20(30-22)37-12-19(26)27/h3-11,19,25H,12H2,1-2H3/i2D3. The van der Waals surface area contributed by atoms with E-state index in [2.05, 4.69) is 19.9 Å². The molecule has 9 nitrogen and oxygen atoms in total. The molecule has 38 heavy (non-hydrogen) atoms. The lowest BCUT2D eigenvalue weighted by Crippen LogP contribution is -2.23. The molecule has 0 saturated heterocycles. The van der Waals surface area contributed by atoms with E-state index in [1.54, 1.807) is 6.07 Å². The zero-order chi connectivity index (χ0) is 29.5. The monoisotopic (exact) mass is 532 g/mol. The van der Waals surface area contributed by atoms with Crippen molar-refractivity contribution in [3.05, 3.63) is 65.0 Å². The Balaban J connectivity index is 1.71. The first-order valence-corrected chi connectivity index (χ1v) is 11.0. The number of ether oxygens (including phenoxy) is 3. The van der Waals surface area contributed by atoms with Crippen LogP contribution in [-0.4, -0.2) is 51.2 Å². The summed E-state index contributed by atoms with van der Waals surface area (Å²) in [6, 6.07) is 12.5. The SMILES string of the molecule is [2H]C([2H])([2H])Oc1c2cc(-n3nc4ccc(OCC(F)F)nc4c(-c4ccc(OC(F)F)cc4)c3=O)ccc2nn1C. The lowest BCUT2D eigenvalue weighted by atomic mass is 10.1. The Morgan fingerprint density at radius 1 is 1.00 bits per heavy atom. The number of halogens is 4. The normalized spacial score (nSPS) is 13.1. The highest BCUT2D eigenvalue weighted by Gasteiger charge is 2.19. The maximum atomic E-state index is 13.9. The van der Waals surface area contributed by atoms with Crippen molar-refractivity contribution >= 4 is 21.9 Å². The van der Waals surface area contributed by atoms with Gasteiger partial charge in [0.2, 0.25) is 11.8 Å². The molecule has 3 heterocycles. The number of alkyl halides is 4. The molecule has 0 amide bonds. The van der Waals surface area contributed by atoms with Crippen LogP contribution in [0.1, 0.15) is 4.11 Å². The third-order valence-corrected chi connectivity index (χ3v) is 5.53. The predicted molar refractivity (Wildman–Crippen MR) is 130 cm³/mol. The number of pyridine rings is 1. The van der Waals surface area contributed by atoms with Gasteiger partial charge in [-0.3, -0.25) is 4.79 Å². The summed E-state index contributed by atoms with van der Waals surface area (Å²) in [7, 11) is -1.27. The van der Waals surface area contributed by atoms with Crippen LogP contribution in [0.15, 0.2) is 59.4 Å². The second kappa shape index (κ2) is 10.00. The molecule has 0 N–H and O–H groups in total. The molecule has 0 bridgehead atoms. The van der Waals surface area contributed by atoms with Crippen LogP contribution in [0.5, 0.6) is 17.5 Å². The minimum absolute atomic E-state index is 0.00873. The minimum atomic E-state index is -3.06.